The van der Waals surface area contributed by atoms with Gasteiger partial charge in [0, 0.05) is 25.4 Å². The first-order valence-corrected chi connectivity index (χ1v) is 6.75. The largest absolute Gasteiger partial charge is 0.467 e. The molecule has 0 saturated carbocycles. The van der Waals surface area contributed by atoms with Gasteiger partial charge in [-0.05, 0) is 23.6 Å². The number of amides is 1. The van der Waals surface area contributed by atoms with Crippen LogP contribution in [0.15, 0.2) is 41.3 Å². The van der Waals surface area contributed by atoms with E-state index in [4.69, 9.17) is 4.42 Å². The Morgan fingerprint density at radius 2 is 2.25 bits per heavy atom. The second kappa shape index (κ2) is 5.94. The van der Waals surface area contributed by atoms with Crippen LogP contribution in [-0.2, 0) is 4.79 Å². The number of hydrogen-bond donors (Lipinski definition) is 1. The summed E-state index contributed by atoms with van der Waals surface area (Å²) in [5.74, 6) is 0.825. The maximum absolute atomic E-state index is 11.9. The Balaban J connectivity index is 2.01. The highest BCUT2D eigenvalue weighted by Crippen LogP contribution is 2.19. The van der Waals surface area contributed by atoms with Gasteiger partial charge in [0.25, 0.3) is 0 Å². The molecule has 0 aromatic carbocycles. The predicted octanol–water partition coefficient (Wildman–Crippen LogP) is 2.62. The fourth-order valence-electron chi connectivity index (χ4n) is 2.03. The van der Waals surface area contributed by atoms with Crippen molar-refractivity contribution in [2.45, 2.75) is 33.2 Å². The van der Waals surface area contributed by atoms with Gasteiger partial charge in [-0.25, -0.2) is 0 Å². The number of carbonyl (C=O) groups is 1. The molecule has 108 valence electrons. The molecule has 2 aromatic heterocycles. The molecule has 20 heavy (non-hydrogen) atoms. The Morgan fingerprint density at radius 1 is 1.45 bits per heavy atom. The van der Waals surface area contributed by atoms with Crippen molar-refractivity contribution in [3.05, 3.63) is 42.6 Å². The second-order valence-corrected chi connectivity index (χ2v) is 6.06. The molecule has 0 radical (unpaired) electrons. The zero-order chi connectivity index (χ0) is 14.6. The van der Waals surface area contributed by atoms with Crippen LogP contribution in [0.4, 0.5) is 0 Å². The third-order valence-corrected chi connectivity index (χ3v) is 2.90. The van der Waals surface area contributed by atoms with E-state index in [1.165, 1.54) is 0 Å². The molecular weight excluding hydrogens is 254 g/mol. The molecule has 1 amide bonds. The lowest BCUT2D eigenvalue weighted by Gasteiger charge is -2.20. The van der Waals surface area contributed by atoms with Crippen molar-refractivity contribution in [1.29, 1.82) is 0 Å². The molecule has 0 bridgehead atoms. The molecule has 2 aromatic rings. The van der Waals surface area contributed by atoms with E-state index in [0.29, 0.717) is 13.0 Å². The summed E-state index contributed by atoms with van der Waals surface area (Å²) in [6.07, 6.45) is 5.70. The molecule has 1 N–H and O–H groups in total. The SMILES string of the molecule is CC(C)(C)CC(=O)NC[C@@H](c1ccco1)n1cccn1. The lowest BCUT2D eigenvalue weighted by molar-refractivity contribution is -0.122. The Hall–Kier alpha value is -2.04. The van der Waals surface area contributed by atoms with Crippen LogP contribution < -0.4 is 5.32 Å². The van der Waals surface area contributed by atoms with Crippen molar-refractivity contribution in [2.24, 2.45) is 5.41 Å². The van der Waals surface area contributed by atoms with E-state index >= 15 is 0 Å². The number of aromatic nitrogens is 2. The third kappa shape index (κ3) is 3.98. The zero-order valence-electron chi connectivity index (χ0n) is 12.2. The molecule has 2 heterocycles. The zero-order valence-corrected chi connectivity index (χ0v) is 12.2. The van der Waals surface area contributed by atoms with Crippen LogP contribution in [0.3, 0.4) is 0 Å². The Morgan fingerprint density at radius 3 is 2.80 bits per heavy atom. The molecule has 0 unspecified atom stereocenters. The second-order valence-electron chi connectivity index (χ2n) is 6.06. The lowest BCUT2D eigenvalue weighted by atomic mass is 9.92. The van der Waals surface area contributed by atoms with E-state index < -0.39 is 0 Å². The maximum Gasteiger partial charge on any atom is 0.220 e. The summed E-state index contributed by atoms with van der Waals surface area (Å²) in [4.78, 5) is 11.9. The average Bonchev–Trinajstić information content (AvgIpc) is 2.98. The number of nitrogens with one attached hydrogen (secondary N) is 1. The first-order chi connectivity index (χ1) is 9.46. The molecule has 1 atom stereocenters. The minimum atomic E-state index is -0.121. The molecule has 0 saturated heterocycles. The smallest absolute Gasteiger partial charge is 0.220 e. The number of hydrogen-bond acceptors (Lipinski definition) is 3. The van der Waals surface area contributed by atoms with E-state index in [2.05, 4.69) is 10.4 Å². The van der Waals surface area contributed by atoms with Crippen molar-refractivity contribution in [1.82, 2.24) is 15.1 Å². The van der Waals surface area contributed by atoms with Crippen molar-refractivity contribution >= 4 is 5.91 Å². The van der Waals surface area contributed by atoms with Crippen LogP contribution in [0.25, 0.3) is 0 Å². The minimum absolute atomic E-state index is 0.0179. The van der Waals surface area contributed by atoms with E-state index in [0.717, 1.165) is 5.76 Å². The van der Waals surface area contributed by atoms with Gasteiger partial charge in [-0.3, -0.25) is 9.48 Å². The van der Waals surface area contributed by atoms with Gasteiger partial charge in [-0.1, -0.05) is 20.8 Å². The Kier molecular flexibility index (Phi) is 4.27. The van der Waals surface area contributed by atoms with E-state index in [1.807, 2.05) is 45.2 Å². The topological polar surface area (TPSA) is 60.1 Å². The molecule has 0 fully saturated rings. The van der Waals surface area contributed by atoms with Crippen molar-refractivity contribution in [3.63, 3.8) is 0 Å². The van der Waals surface area contributed by atoms with Crippen LogP contribution in [-0.4, -0.2) is 22.2 Å². The highest BCUT2D eigenvalue weighted by atomic mass is 16.3. The molecule has 0 aliphatic heterocycles. The monoisotopic (exact) mass is 275 g/mol. The van der Waals surface area contributed by atoms with Gasteiger partial charge in [0.1, 0.15) is 11.8 Å². The van der Waals surface area contributed by atoms with E-state index in [1.54, 1.807) is 17.1 Å². The molecule has 5 heteroatoms. The van der Waals surface area contributed by atoms with Crippen LogP contribution in [0.2, 0.25) is 0 Å². The van der Waals surface area contributed by atoms with E-state index in [-0.39, 0.29) is 17.4 Å². The summed E-state index contributed by atoms with van der Waals surface area (Å²) in [5.41, 5.74) is -0.0179. The van der Waals surface area contributed by atoms with Crippen LogP contribution in [0.5, 0.6) is 0 Å². The summed E-state index contributed by atoms with van der Waals surface area (Å²) in [6.45, 7) is 6.60. The normalized spacial score (nSPS) is 13.2. The first-order valence-electron chi connectivity index (χ1n) is 6.75. The summed E-state index contributed by atoms with van der Waals surface area (Å²) in [7, 11) is 0. The fourth-order valence-corrected chi connectivity index (χ4v) is 2.03. The van der Waals surface area contributed by atoms with Gasteiger partial charge >= 0.3 is 0 Å². The fraction of sp³-hybridized carbons (Fsp3) is 0.467. The average molecular weight is 275 g/mol. The van der Waals surface area contributed by atoms with Crippen molar-refractivity contribution < 1.29 is 9.21 Å². The Bertz CT molecular complexity index is 490. The first kappa shape index (κ1) is 14.4. The van der Waals surface area contributed by atoms with Gasteiger partial charge in [-0.15, -0.1) is 0 Å². The van der Waals surface area contributed by atoms with Gasteiger partial charge in [0.2, 0.25) is 5.91 Å². The molecule has 5 nitrogen and oxygen atoms in total. The third-order valence-electron chi connectivity index (χ3n) is 2.90. The van der Waals surface area contributed by atoms with Crippen LogP contribution >= 0.6 is 0 Å². The van der Waals surface area contributed by atoms with Crippen LogP contribution in [0.1, 0.15) is 39.0 Å². The van der Waals surface area contributed by atoms with E-state index in [9.17, 15) is 4.79 Å². The highest BCUT2D eigenvalue weighted by Gasteiger charge is 2.20. The summed E-state index contributed by atoms with van der Waals surface area (Å²) in [6, 6.07) is 5.46. The Labute approximate surface area is 119 Å². The van der Waals surface area contributed by atoms with Crippen LogP contribution in [0, 0.1) is 5.41 Å². The lowest BCUT2D eigenvalue weighted by Crippen LogP contribution is -2.33. The molecule has 2 rings (SSSR count). The maximum atomic E-state index is 11.9. The predicted molar refractivity (Wildman–Crippen MR) is 76.2 cm³/mol. The number of furan rings is 1. The van der Waals surface area contributed by atoms with Gasteiger partial charge in [0.05, 0.1) is 6.26 Å². The molecule has 0 spiro atoms. The number of rotatable bonds is 5. The quantitative estimate of drug-likeness (QED) is 0.912. The van der Waals surface area contributed by atoms with Crippen molar-refractivity contribution in [2.75, 3.05) is 6.54 Å². The number of nitrogens with zero attached hydrogens (tertiary/aromatic N) is 2. The van der Waals surface area contributed by atoms with Gasteiger partial charge in [-0.2, -0.15) is 5.10 Å². The van der Waals surface area contributed by atoms with Crippen molar-refractivity contribution in [3.8, 4) is 0 Å². The summed E-state index contributed by atoms with van der Waals surface area (Å²) in [5, 5.41) is 7.19. The summed E-state index contributed by atoms with van der Waals surface area (Å²) >= 11 is 0. The molecular formula is C15H21N3O2. The number of carbonyl (C=O) groups excluding carboxylic acids is 1. The van der Waals surface area contributed by atoms with Gasteiger partial charge in [0.15, 0.2) is 0 Å². The van der Waals surface area contributed by atoms with Gasteiger partial charge < -0.3 is 9.73 Å². The molecule has 0 aliphatic rings. The summed E-state index contributed by atoms with van der Waals surface area (Å²) < 4.78 is 7.23. The standard InChI is InChI=1S/C15H21N3O2/c1-15(2,3)10-14(19)16-11-12(13-6-4-9-20-13)18-8-5-7-17-18/h4-9,12H,10-11H2,1-3H3,(H,16,19)/t12-/m0/s1. The minimum Gasteiger partial charge on any atom is -0.467 e. The molecule has 0 aliphatic carbocycles. The highest BCUT2D eigenvalue weighted by molar-refractivity contribution is 5.76.